The number of aliphatic hydroxyl groups is 1. The van der Waals surface area contributed by atoms with E-state index < -0.39 is 0 Å². The second kappa shape index (κ2) is 6.21. The fraction of sp³-hybridized carbons (Fsp3) is 0.538. The summed E-state index contributed by atoms with van der Waals surface area (Å²) in [5.74, 6) is 0.896. The molecule has 1 aromatic rings. The molecule has 4 nitrogen and oxygen atoms in total. The maximum atomic E-state index is 9.05. The first-order valence-corrected chi connectivity index (χ1v) is 5.80. The van der Waals surface area contributed by atoms with Crippen molar-refractivity contribution >= 4 is 5.82 Å². The molecule has 0 aliphatic heterocycles. The molecule has 0 fully saturated rings. The van der Waals surface area contributed by atoms with Crippen molar-refractivity contribution in [3.05, 3.63) is 23.4 Å². The van der Waals surface area contributed by atoms with Gasteiger partial charge in [-0.25, -0.2) is 4.98 Å². The molecule has 0 bridgehead atoms. The molecule has 0 aliphatic rings. The zero-order valence-corrected chi connectivity index (χ0v) is 10.6. The van der Waals surface area contributed by atoms with E-state index in [9.17, 15) is 0 Å². The highest BCUT2D eigenvalue weighted by Gasteiger charge is 2.14. The van der Waals surface area contributed by atoms with Crippen LogP contribution in [0.4, 0.5) is 5.82 Å². The van der Waals surface area contributed by atoms with Gasteiger partial charge < -0.3 is 10.0 Å². The van der Waals surface area contributed by atoms with E-state index in [0.717, 1.165) is 16.9 Å². The first kappa shape index (κ1) is 13.5. The number of hydrogen-bond acceptors (Lipinski definition) is 4. The quantitative estimate of drug-likeness (QED) is 0.845. The Labute approximate surface area is 103 Å². The first-order valence-electron chi connectivity index (χ1n) is 5.80. The van der Waals surface area contributed by atoms with Gasteiger partial charge >= 0.3 is 0 Å². The second-order valence-corrected chi connectivity index (χ2v) is 4.34. The maximum Gasteiger partial charge on any atom is 0.131 e. The van der Waals surface area contributed by atoms with Gasteiger partial charge in [-0.15, -0.1) is 0 Å². The van der Waals surface area contributed by atoms with Crippen LogP contribution in [-0.2, 0) is 6.61 Å². The van der Waals surface area contributed by atoms with Crippen LogP contribution in [0.2, 0.25) is 0 Å². The van der Waals surface area contributed by atoms with Crippen LogP contribution >= 0.6 is 0 Å². The third-order valence-electron chi connectivity index (χ3n) is 2.65. The van der Waals surface area contributed by atoms with Gasteiger partial charge in [0.2, 0.25) is 0 Å². The largest absolute Gasteiger partial charge is 0.392 e. The van der Waals surface area contributed by atoms with Crippen LogP contribution in [-0.4, -0.2) is 22.7 Å². The summed E-state index contributed by atoms with van der Waals surface area (Å²) in [7, 11) is 0. The fourth-order valence-electron chi connectivity index (χ4n) is 1.79. The number of anilines is 1. The van der Waals surface area contributed by atoms with E-state index >= 15 is 0 Å². The highest BCUT2D eigenvalue weighted by molar-refractivity contribution is 5.48. The standard InChI is InChI=1S/C13H19N3O/c1-10(2)16(6-4-5-14)13-11(3)7-12(9-17)8-15-13/h7-8,10,17H,4,6,9H2,1-3H3. The minimum atomic E-state index is 0.00793. The molecule has 1 rings (SSSR count). The van der Waals surface area contributed by atoms with E-state index in [2.05, 4.69) is 29.8 Å². The third-order valence-corrected chi connectivity index (χ3v) is 2.65. The van der Waals surface area contributed by atoms with Gasteiger partial charge in [-0.1, -0.05) is 0 Å². The molecular formula is C13H19N3O. The van der Waals surface area contributed by atoms with Gasteiger partial charge in [-0.3, -0.25) is 0 Å². The van der Waals surface area contributed by atoms with Crippen LogP contribution in [0.15, 0.2) is 12.3 Å². The van der Waals surface area contributed by atoms with Crippen LogP contribution in [0.1, 0.15) is 31.4 Å². The number of aliphatic hydroxyl groups excluding tert-OH is 1. The van der Waals surface area contributed by atoms with Gasteiger partial charge in [-0.05, 0) is 38.0 Å². The molecular weight excluding hydrogens is 214 g/mol. The van der Waals surface area contributed by atoms with E-state index in [1.54, 1.807) is 6.20 Å². The monoisotopic (exact) mass is 233 g/mol. The molecule has 0 amide bonds. The molecule has 0 spiro atoms. The van der Waals surface area contributed by atoms with Crippen molar-refractivity contribution in [1.29, 1.82) is 5.26 Å². The predicted molar refractivity (Wildman–Crippen MR) is 67.6 cm³/mol. The minimum absolute atomic E-state index is 0.00793. The molecule has 0 aromatic carbocycles. The molecule has 92 valence electrons. The highest BCUT2D eigenvalue weighted by atomic mass is 16.3. The second-order valence-electron chi connectivity index (χ2n) is 4.34. The van der Waals surface area contributed by atoms with Crippen LogP contribution < -0.4 is 4.90 Å². The third kappa shape index (κ3) is 3.43. The Bertz CT molecular complexity index is 410. The summed E-state index contributed by atoms with van der Waals surface area (Å²) in [4.78, 5) is 6.49. The van der Waals surface area contributed by atoms with Crippen molar-refractivity contribution in [2.75, 3.05) is 11.4 Å². The molecule has 1 aromatic heterocycles. The number of nitriles is 1. The summed E-state index contributed by atoms with van der Waals surface area (Å²) < 4.78 is 0. The minimum Gasteiger partial charge on any atom is -0.392 e. The fourth-order valence-corrected chi connectivity index (χ4v) is 1.79. The lowest BCUT2D eigenvalue weighted by atomic mass is 10.2. The van der Waals surface area contributed by atoms with E-state index in [4.69, 9.17) is 10.4 Å². The van der Waals surface area contributed by atoms with Crippen molar-refractivity contribution < 1.29 is 5.11 Å². The van der Waals surface area contributed by atoms with Gasteiger partial charge in [0.15, 0.2) is 0 Å². The van der Waals surface area contributed by atoms with E-state index in [1.165, 1.54) is 0 Å². The summed E-state index contributed by atoms with van der Waals surface area (Å²) in [6.07, 6.45) is 2.17. The van der Waals surface area contributed by atoms with Crippen molar-refractivity contribution in [3.63, 3.8) is 0 Å². The smallest absolute Gasteiger partial charge is 0.131 e. The molecule has 17 heavy (non-hydrogen) atoms. The normalized spacial score (nSPS) is 10.4. The van der Waals surface area contributed by atoms with Gasteiger partial charge in [-0.2, -0.15) is 5.26 Å². The molecule has 0 saturated heterocycles. The van der Waals surface area contributed by atoms with Crippen molar-refractivity contribution in [1.82, 2.24) is 4.98 Å². The summed E-state index contributed by atoms with van der Waals surface area (Å²) in [5.41, 5.74) is 1.85. The van der Waals surface area contributed by atoms with Gasteiger partial charge in [0.05, 0.1) is 19.1 Å². The van der Waals surface area contributed by atoms with Gasteiger partial charge in [0.1, 0.15) is 5.82 Å². The molecule has 0 atom stereocenters. The molecule has 1 heterocycles. The molecule has 0 radical (unpaired) electrons. The lowest BCUT2D eigenvalue weighted by molar-refractivity contribution is 0.281. The Kier molecular flexibility index (Phi) is 4.92. The van der Waals surface area contributed by atoms with Crippen LogP contribution in [0.5, 0.6) is 0 Å². The molecule has 4 heteroatoms. The highest BCUT2D eigenvalue weighted by Crippen LogP contribution is 2.20. The topological polar surface area (TPSA) is 60.2 Å². The van der Waals surface area contributed by atoms with Gasteiger partial charge in [0.25, 0.3) is 0 Å². The number of aromatic nitrogens is 1. The molecule has 1 N–H and O–H groups in total. The van der Waals surface area contributed by atoms with E-state index in [1.807, 2.05) is 13.0 Å². The summed E-state index contributed by atoms with van der Waals surface area (Å²) in [6.45, 7) is 6.83. The van der Waals surface area contributed by atoms with Crippen LogP contribution in [0.25, 0.3) is 0 Å². The summed E-state index contributed by atoms with van der Waals surface area (Å²) in [6, 6.07) is 4.39. The van der Waals surface area contributed by atoms with Crippen molar-refractivity contribution in [2.24, 2.45) is 0 Å². The maximum absolute atomic E-state index is 9.05. The number of pyridine rings is 1. The number of nitrogens with zero attached hydrogens (tertiary/aromatic N) is 3. The number of rotatable bonds is 5. The zero-order chi connectivity index (χ0) is 12.8. The molecule has 0 aliphatic carbocycles. The van der Waals surface area contributed by atoms with Crippen LogP contribution in [0.3, 0.4) is 0 Å². The first-order chi connectivity index (χ1) is 8.10. The van der Waals surface area contributed by atoms with Gasteiger partial charge in [0, 0.05) is 18.8 Å². The average Bonchev–Trinajstić information content (AvgIpc) is 2.30. The zero-order valence-electron chi connectivity index (χ0n) is 10.6. The lowest BCUT2D eigenvalue weighted by Gasteiger charge is -2.28. The molecule has 0 saturated carbocycles. The summed E-state index contributed by atoms with van der Waals surface area (Å²) in [5, 5.41) is 17.7. The Balaban J connectivity index is 2.98. The van der Waals surface area contributed by atoms with Crippen molar-refractivity contribution in [2.45, 2.75) is 39.8 Å². The summed E-state index contributed by atoms with van der Waals surface area (Å²) >= 11 is 0. The Morgan fingerprint density at radius 3 is 2.71 bits per heavy atom. The lowest BCUT2D eigenvalue weighted by Crippen LogP contribution is -2.33. The van der Waals surface area contributed by atoms with E-state index in [-0.39, 0.29) is 6.61 Å². The number of aryl methyl sites for hydroxylation is 1. The molecule has 0 unspecified atom stereocenters. The van der Waals surface area contributed by atoms with E-state index in [0.29, 0.717) is 19.0 Å². The Morgan fingerprint density at radius 2 is 2.24 bits per heavy atom. The SMILES string of the molecule is Cc1cc(CO)cnc1N(CCC#N)C(C)C. The van der Waals surface area contributed by atoms with Crippen molar-refractivity contribution in [3.8, 4) is 6.07 Å². The average molecular weight is 233 g/mol. The Hall–Kier alpha value is -1.60. The Morgan fingerprint density at radius 1 is 1.53 bits per heavy atom. The van der Waals surface area contributed by atoms with Crippen LogP contribution in [0, 0.1) is 18.3 Å². The predicted octanol–water partition coefficient (Wildman–Crippen LogP) is 2.01. The number of hydrogen-bond donors (Lipinski definition) is 1.